The van der Waals surface area contributed by atoms with E-state index in [1.165, 1.54) is 16.9 Å². The van der Waals surface area contributed by atoms with Gasteiger partial charge in [0, 0.05) is 4.88 Å². The molecule has 0 unspecified atom stereocenters. The van der Waals surface area contributed by atoms with Crippen molar-refractivity contribution in [3.8, 4) is 0 Å². The lowest BCUT2D eigenvalue weighted by molar-refractivity contribution is -0.104. The van der Waals surface area contributed by atoms with Crippen molar-refractivity contribution in [2.75, 3.05) is 13.1 Å². The molecule has 0 saturated heterocycles. The first-order valence-electron chi connectivity index (χ1n) is 10.8. The molecular formula is C26H40N2O3S. The SMILES string of the molecule is C/C=C(\C)C=O.C=C/C=C(\C/C=C(\CC)CCNCC)c1ccc(C(=O)NO)s1.C=CC. The summed E-state index contributed by atoms with van der Waals surface area (Å²) in [5.41, 5.74) is 5.00. The third-order valence-corrected chi connectivity index (χ3v) is 5.31. The van der Waals surface area contributed by atoms with Crippen LogP contribution in [0.4, 0.5) is 0 Å². The molecule has 32 heavy (non-hydrogen) atoms. The molecule has 0 aliphatic heterocycles. The Morgan fingerprint density at radius 2 is 1.81 bits per heavy atom. The molecule has 0 aromatic carbocycles. The van der Waals surface area contributed by atoms with Crippen LogP contribution in [0, 0.1) is 0 Å². The molecule has 1 amide bonds. The third-order valence-electron chi connectivity index (χ3n) is 4.15. The molecule has 0 atom stereocenters. The molecule has 1 aromatic heterocycles. The van der Waals surface area contributed by atoms with Gasteiger partial charge in [-0.05, 0) is 76.4 Å². The fourth-order valence-corrected chi connectivity index (χ4v) is 3.18. The first-order chi connectivity index (χ1) is 15.4. The van der Waals surface area contributed by atoms with E-state index in [4.69, 9.17) is 5.21 Å². The highest BCUT2D eigenvalue weighted by Gasteiger charge is 2.10. The van der Waals surface area contributed by atoms with E-state index >= 15 is 0 Å². The van der Waals surface area contributed by atoms with E-state index in [2.05, 4.69) is 38.4 Å². The summed E-state index contributed by atoms with van der Waals surface area (Å²) >= 11 is 1.36. The van der Waals surface area contributed by atoms with Crippen molar-refractivity contribution in [2.24, 2.45) is 0 Å². The Balaban J connectivity index is 0. The van der Waals surface area contributed by atoms with Gasteiger partial charge in [0.1, 0.15) is 6.29 Å². The molecule has 1 rings (SSSR count). The number of hydrogen-bond acceptors (Lipinski definition) is 5. The van der Waals surface area contributed by atoms with E-state index in [9.17, 15) is 9.59 Å². The number of hydrogen-bond donors (Lipinski definition) is 3. The average Bonchev–Trinajstić information content (AvgIpc) is 3.30. The van der Waals surface area contributed by atoms with Gasteiger partial charge in [-0.15, -0.1) is 17.9 Å². The highest BCUT2D eigenvalue weighted by atomic mass is 32.1. The third kappa shape index (κ3) is 15.3. The van der Waals surface area contributed by atoms with E-state index in [-0.39, 0.29) is 0 Å². The van der Waals surface area contributed by atoms with Gasteiger partial charge in [0.05, 0.1) is 4.88 Å². The predicted molar refractivity (Wildman–Crippen MR) is 139 cm³/mol. The minimum atomic E-state index is -0.477. The van der Waals surface area contributed by atoms with Gasteiger partial charge in [-0.3, -0.25) is 14.8 Å². The van der Waals surface area contributed by atoms with Crippen LogP contribution in [-0.2, 0) is 4.79 Å². The van der Waals surface area contributed by atoms with Crippen molar-refractivity contribution >= 4 is 29.1 Å². The summed E-state index contributed by atoms with van der Waals surface area (Å²) in [6.07, 6.45) is 13.2. The Morgan fingerprint density at radius 3 is 2.25 bits per heavy atom. The molecule has 0 aliphatic carbocycles. The fraction of sp³-hybridized carbons (Fsp3) is 0.385. The van der Waals surface area contributed by atoms with Gasteiger partial charge in [-0.1, -0.05) is 56.4 Å². The zero-order valence-electron chi connectivity index (χ0n) is 20.2. The van der Waals surface area contributed by atoms with Crippen LogP contribution in [0.3, 0.4) is 0 Å². The summed E-state index contributed by atoms with van der Waals surface area (Å²) in [5, 5.41) is 12.1. The number of allylic oxidation sites excluding steroid dienone is 7. The first kappa shape index (κ1) is 31.6. The minimum Gasteiger partial charge on any atom is -0.317 e. The molecule has 5 nitrogen and oxygen atoms in total. The maximum Gasteiger partial charge on any atom is 0.284 e. The average molecular weight is 461 g/mol. The highest BCUT2D eigenvalue weighted by Crippen LogP contribution is 2.28. The van der Waals surface area contributed by atoms with E-state index in [1.807, 2.05) is 26.0 Å². The lowest BCUT2D eigenvalue weighted by atomic mass is 10.0. The number of hydroxylamine groups is 1. The van der Waals surface area contributed by atoms with E-state index in [0.29, 0.717) is 4.88 Å². The van der Waals surface area contributed by atoms with Crippen LogP contribution >= 0.6 is 11.3 Å². The summed E-state index contributed by atoms with van der Waals surface area (Å²) in [5.74, 6) is -0.477. The van der Waals surface area contributed by atoms with Crippen LogP contribution in [0.2, 0.25) is 0 Å². The summed E-state index contributed by atoms with van der Waals surface area (Å²) in [7, 11) is 0. The number of nitrogens with one attached hydrogen (secondary N) is 2. The normalized spacial score (nSPS) is 11.4. The van der Waals surface area contributed by atoms with Crippen molar-refractivity contribution in [1.82, 2.24) is 10.8 Å². The Morgan fingerprint density at radius 1 is 1.19 bits per heavy atom. The number of rotatable bonds is 11. The minimum absolute atomic E-state index is 0.477. The second kappa shape index (κ2) is 21.7. The molecular weight excluding hydrogens is 420 g/mol. The number of amides is 1. The van der Waals surface area contributed by atoms with Crippen LogP contribution in [0.15, 0.2) is 66.8 Å². The molecule has 1 aromatic rings. The zero-order valence-corrected chi connectivity index (χ0v) is 21.1. The van der Waals surface area contributed by atoms with Crippen molar-refractivity contribution in [3.63, 3.8) is 0 Å². The van der Waals surface area contributed by atoms with Crippen LogP contribution in [0.25, 0.3) is 5.57 Å². The molecule has 6 heteroatoms. The molecule has 0 radical (unpaired) electrons. The largest absolute Gasteiger partial charge is 0.317 e. The van der Waals surface area contributed by atoms with Gasteiger partial charge < -0.3 is 5.32 Å². The van der Waals surface area contributed by atoms with E-state index in [0.717, 1.165) is 54.7 Å². The molecule has 3 N–H and O–H groups in total. The lowest BCUT2D eigenvalue weighted by Gasteiger charge is -2.07. The summed E-state index contributed by atoms with van der Waals surface area (Å²) < 4.78 is 0. The van der Waals surface area contributed by atoms with Gasteiger partial charge in [0.25, 0.3) is 5.91 Å². The molecule has 0 fully saturated rings. The first-order valence-corrected chi connectivity index (χ1v) is 11.6. The van der Waals surface area contributed by atoms with Gasteiger partial charge in [-0.2, -0.15) is 0 Å². The maximum atomic E-state index is 11.5. The molecule has 178 valence electrons. The van der Waals surface area contributed by atoms with Crippen molar-refractivity contribution in [3.05, 3.63) is 76.6 Å². The maximum absolute atomic E-state index is 11.5. The second-order valence-corrected chi connectivity index (χ2v) is 7.70. The van der Waals surface area contributed by atoms with Crippen LogP contribution in [0.1, 0.15) is 68.4 Å². The quantitative estimate of drug-likeness (QED) is 0.0669. The summed E-state index contributed by atoms with van der Waals surface area (Å²) in [4.78, 5) is 22.6. The second-order valence-electron chi connectivity index (χ2n) is 6.61. The Bertz CT molecular complexity index is 774. The number of carbonyl (C=O) groups is 2. The summed E-state index contributed by atoms with van der Waals surface area (Å²) in [6.45, 7) is 18.9. The van der Waals surface area contributed by atoms with Gasteiger partial charge in [-0.25, -0.2) is 5.48 Å². The smallest absolute Gasteiger partial charge is 0.284 e. The summed E-state index contributed by atoms with van der Waals surface area (Å²) in [6, 6.07) is 3.63. The van der Waals surface area contributed by atoms with Gasteiger partial charge in [0.2, 0.25) is 0 Å². The number of carbonyl (C=O) groups excluding carboxylic acids is 2. The van der Waals surface area contributed by atoms with Crippen LogP contribution in [0.5, 0.6) is 0 Å². The number of thiophene rings is 1. The standard InChI is InChI=1S/C18H26N2O2S.C5H8O.C3H6/c1-4-7-15(9-8-14(5-2)12-13-19-6-3)16-10-11-17(23-16)18(21)20-22;1-3-5(2)4-6;1-3-2/h4,7-8,10-11,19,22H,1,5-6,9,12-13H2,2-3H3,(H,20,21);3-4H,1-2H3;3H,1H2,2H3/b14-8+,15-7+;5-3+;. The predicted octanol–water partition coefficient (Wildman–Crippen LogP) is 6.51. The van der Waals surface area contributed by atoms with E-state index < -0.39 is 5.91 Å². The molecule has 0 aliphatic rings. The van der Waals surface area contributed by atoms with Crippen LogP contribution in [-0.4, -0.2) is 30.5 Å². The topological polar surface area (TPSA) is 78.4 Å². The Kier molecular flexibility index (Phi) is 21.4. The fourth-order valence-electron chi connectivity index (χ4n) is 2.25. The van der Waals surface area contributed by atoms with Crippen molar-refractivity contribution in [1.29, 1.82) is 0 Å². The Hall–Kier alpha value is -2.54. The van der Waals surface area contributed by atoms with Crippen molar-refractivity contribution in [2.45, 2.75) is 53.9 Å². The van der Waals surface area contributed by atoms with Gasteiger partial charge in [0.15, 0.2) is 0 Å². The molecule has 0 saturated carbocycles. The molecule has 0 bridgehead atoms. The Labute approximate surface area is 198 Å². The van der Waals surface area contributed by atoms with Gasteiger partial charge >= 0.3 is 0 Å². The van der Waals surface area contributed by atoms with Crippen LogP contribution < -0.4 is 10.8 Å². The monoisotopic (exact) mass is 460 g/mol. The number of aldehydes is 1. The molecule has 1 heterocycles. The van der Waals surface area contributed by atoms with E-state index in [1.54, 1.807) is 36.7 Å². The van der Waals surface area contributed by atoms with Crippen molar-refractivity contribution < 1.29 is 14.8 Å². The zero-order chi connectivity index (χ0) is 24.8. The molecule has 0 spiro atoms. The lowest BCUT2D eigenvalue weighted by Crippen LogP contribution is -2.16. The highest BCUT2D eigenvalue weighted by molar-refractivity contribution is 7.15.